The average Bonchev–Trinajstić information content (AvgIpc) is 3.65. The van der Waals surface area contributed by atoms with Crippen molar-refractivity contribution in [3.05, 3.63) is 131 Å². The number of benzene rings is 4. The van der Waals surface area contributed by atoms with Crippen molar-refractivity contribution in [2.45, 2.75) is 26.0 Å². The Kier molecular flexibility index (Phi) is 14.0. The second-order valence-corrected chi connectivity index (χ2v) is 15.6. The smallest absolute Gasteiger partial charge is 0.326 e. The highest BCUT2D eigenvalue weighted by molar-refractivity contribution is 7.22. The molecular weight excluding hydrogens is 819 g/mol. The van der Waals surface area contributed by atoms with E-state index in [0.717, 1.165) is 32.7 Å². The fraction of sp³-hybridized carbons (Fsp3) is 0.239. The van der Waals surface area contributed by atoms with E-state index < -0.39 is 12.0 Å². The summed E-state index contributed by atoms with van der Waals surface area (Å²) >= 11 is 8.36. The number of ether oxygens (including phenoxy) is 4. The Hall–Kier alpha value is -6.19. The van der Waals surface area contributed by atoms with Gasteiger partial charge in [-0.2, -0.15) is 0 Å². The standard InChI is InChI=1S/C46H44ClFN6O6S/c1-28-33(17-18-38(41(28)47)58-22-21-54(2)3)39-40-44(50-27-51-45(40)61-42(39)29-13-15-31(48)16-14-29)53-35(46(55)56)25-30-9-5-7-11-36(30)60-26-32-19-20-49-43(52-32)34-10-6-8-12-37(34)59-24-23-57-4/h5-20,27,35H,21-26H2,1-4H3,(H,55,56)(H,50,51,53)/t35-/m1/s1. The number of halogens is 2. The van der Waals surface area contributed by atoms with Gasteiger partial charge >= 0.3 is 5.97 Å². The Bertz CT molecular complexity index is 2630. The molecule has 0 saturated carbocycles. The number of carboxylic acids is 1. The average molecular weight is 863 g/mol. The Morgan fingerprint density at radius 1 is 0.869 bits per heavy atom. The molecule has 0 fully saturated rings. The van der Waals surface area contributed by atoms with E-state index in [2.05, 4.69) is 20.3 Å². The summed E-state index contributed by atoms with van der Waals surface area (Å²) in [7, 11) is 5.55. The van der Waals surface area contributed by atoms with Crippen molar-refractivity contribution >= 4 is 44.9 Å². The van der Waals surface area contributed by atoms with E-state index in [1.165, 1.54) is 29.8 Å². The first-order valence-electron chi connectivity index (χ1n) is 19.4. The molecule has 0 aliphatic heterocycles. The molecular formula is C46H44ClFN6O6S. The van der Waals surface area contributed by atoms with Gasteiger partial charge in [-0.25, -0.2) is 29.1 Å². The predicted molar refractivity (Wildman–Crippen MR) is 236 cm³/mol. The van der Waals surface area contributed by atoms with Gasteiger partial charge in [-0.1, -0.05) is 60.1 Å². The molecule has 3 aromatic heterocycles. The number of carboxylic acid groups (broad SMARTS) is 1. The molecule has 0 saturated heterocycles. The van der Waals surface area contributed by atoms with Crippen LogP contribution in [0.25, 0.3) is 43.2 Å². The molecule has 0 aliphatic rings. The van der Waals surface area contributed by atoms with E-state index in [1.54, 1.807) is 37.6 Å². The largest absolute Gasteiger partial charge is 0.491 e. The fourth-order valence-corrected chi connectivity index (χ4v) is 8.03. The number of nitrogens with one attached hydrogen (secondary N) is 1. The van der Waals surface area contributed by atoms with E-state index >= 15 is 0 Å². The van der Waals surface area contributed by atoms with Crippen molar-refractivity contribution in [2.75, 3.05) is 52.9 Å². The first-order chi connectivity index (χ1) is 29.6. The maximum atomic E-state index is 14.2. The van der Waals surface area contributed by atoms with Gasteiger partial charge in [0.15, 0.2) is 5.82 Å². The summed E-state index contributed by atoms with van der Waals surface area (Å²) in [5.41, 5.74) is 5.01. The van der Waals surface area contributed by atoms with Gasteiger partial charge in [-0.05, 0) is 85.7 Å². The molecule has 1 atom stereocenters. The minimum atomic E-state index is -1.14. The lowest BCUT2D eigenvalue weighted by molar-refractivity contribution is -0.137. The van der Waals surface area contributed by atoms with Crippen LogP contribution in [-0.4, -0.2) is 89.5 Å². The van der Waals surface area contributed by atoms with E-state index in [-0.39, 0.29) is 18.8 Å². The SMILES string of the molecule is COCCOc1ccccc1-c1nccc(COc2ccccc2C[C@@H](Nc2ncnc3sc(-c4ccc(F)cc4)c(-c4ccc(OCCN(C)C)c(Cl)c4C)c23)C(=O)O)n1. The molecule has 0 unspecified atom stereocenters. The number of thiophene rings is 1. The van der Waals surface area contributed by atoms with Crippen molar-refractivity contribution in [2.24, 2.45) is 0 Å². The van der Waals surface area contributed by atoms with Gasteiger partial charge in [0, 0.05) is 36.7 Å². The summed E-state index contributed by atoms with van der Waals surface area (Å²) in [6.45, 7) is 3.98. The Balaban J connectivity index is 1.18. The number of aliphatic carboxylic acids is 1. The van der Waals surface area contributed by atoms with Crippen LogP contribution in [-0.2, 0) is 22.6 Å². The van der Waals surface area contributed by atoms with Crippen LogP contribution in [0.5, 0.6) is 17.2 Å². The van der Waals surface area contributed by atoms with Crippen LogP contribution in [0.2, 0.25) is 5.02 Å². The Morgan fingerprint density at radius 3 is 2.39 bits per heavy atom. The monoisotopic (exact) mass is 862 g/mol. The van der Waals surface area contributed by atoms with Crippen LogP contribution >= 0.6 is 22.9 Å². The lowest BCUT2D eigenvalue weighted by atomic mass is 9.95. The van der Waals surface area contributed by atoms with Crippen LogP contribution in [0, 0.1) is 12.7 Å². The van der Waals surface area contributed by atoms with Crippen molar-refractivity contribution in [3.63, 3.8) is 0 Å². The molecule has 61 heavy (non-hydrogen) atoms. The van der Waals surface area contributed by atoms with Crippen molar-refractivity contribution in [1.29, 1.82) is 0 Å². The summed E-state index contributed by atoms with van der Waals surface area (Å²) in [5.74, 6) is 1.01. The lowest BCUT2D eigenvalue weighted by Crippen LogP contribution is -2.32. The van der Waals surface area contributed by atoms with E-state index in [1.807, 2.05) is 80.5 Å². The molecule has 7 rings (SSSR count). The van der Waals surface area contributed by atoms with E-state index in [0.29, 0.717) is 81.8 Å². The number of nitrogens with zero attached hydrogens (tertiary/aromatic N) is 5. The number of rotatable bonds is 19. The zero-order valence-corrected chi connectivity index (χ0v) is 35.6. The van der Waals surface area contributed by atoms with Crippen molar-refractivity contribution < 1.29 is 33.2 Å². The molecule has 0 bridgehead atoms. The molecule has 314 valence electrons. The minimum Gasteiger partial charge on any atom is -0.491 e. The molecule has 0 aliphatic carbocycles. The number of likely N-dealkylation sites (N-methyl/N-ethyl adjacent to an activating group) is 1. The number of para-hydroxylation sites is 2. The highest BCUT2D eigenvalue weighted by Crippen LogP contribution is 2.49. The van der Waals surface area contributed by atoms with Gasteiger partial charge in [0.2, 0.25) is 0 Å². The van der Waals surface area contributed by atoms with Gasteiger partial charge in [-0.15, -0.1) is 11.3 Å². The third-order valence-electron chi connectivity index (χ3n) is 9.78. The Morgan fingerprint density at radius 2 is 1.62 bits per heavy atom. The second kappa shape index (κ2) is 19.9. The van der Waals surface area contributed by atoms with E-state index in [4.69, 9.17) is 35.5 Å². The highest BCUT2D eigenvalue weighted by Gasteiger charge is 2.27. The van der Waals surface area contributed by atoms with Crippen LogP contribution in [0.3, 0.4) is 0 Å². The number of anilines is 1. The van der Waals surface area contributed by atoms with Gasteiger partial charge in [0.25, 0.3) is 0 Å². The van der Waals surface area contributed by atoms with Crippen LogP contribution in [0.15, 0.2) is 104 Å². The highest BCUT2D eigenvalue weighted by atomic mass is 35.5. The van der Waals surface area contributed by atoms with Gasteiger partial charge < -0.3 is 34.3 Å². The molecule has 12 nitrogen and oxygen atoms in total. The quantitative estimate of drug-likeness (QED) is 0.0749. The fourth-order valence-electron chi connectivity index (χ4n) is 6.65. The topological polar surface area (TPSA) is 141 Å². The van der Waals surface area contributed by atoms with Crippen LogP contribution in [0.4, 0.5) is 10.2 Å². The summed E-state index contributed by atoms with van der Waals surface area (Å²) in [4.78, 5) is 34.9. The van der Waals surface area contributed by atoms with Crippen LogP contribution in [0.1, 0.15) is 16.8 Å². The molecule has 0 radical (unpaired) electrons. The minimum absolute atomic E-state index is 0.0480. The molecule has 0 amide bonds. The summed E-state index contributed by atoms with van der Waals surface area (Å²) in [6.07, 6.45) is 3.11. The van der Waals surface area contributed by atoms with Crippen molar-refractivity contribution in [1.82, 2.24) is 24.8 Å². The summed E-state index contributed by atoms with van der Waals surface area (Å²) in [5, 5.41) is 14.9. The Labute approximate surface area is 361 Å². The molecule has 4 aromatic carbocycles. The predicted octanol–water partition coefficient (Wildman–Crippen LogP) is 9.24. The maximum Gasteiger partial charge on any atom is 0.326 e. The first-order valence-corrected chi connectivity index (χ1v) is 20.6. The number of carbonyl (C=O) groups is 1. The van der Waals surface area contributed by atoms with Crippen LogP contribution < -0.4 is 19.5 Å². The first kappa shape index (κ1) is 42.9. The molecule has 0 spiro atoms. The number of hydrogen-bond acceptors (Lipinski definition) is 12. The van der Waals surface area contributed by atoms with Crippen molar-refractivity contribution in [3.8, 4) is 50.2 Å². The number of methoxy groups -OCH3 is 1. The zero-order valence-electron chi connectivity index (χ0n) is 34.0. The third kappa shape index (κ3) is 10.2. The molecule has 7 aromatic rings. The number of hydrogen-bond donors (Lipinski definition) is 2. The third-order valence-corrected chi connectivity index (χ3v) is 11.4. The molecule has 3 heterocycles. The molecule has 2 N–H and O–H groups in total. The molecule has 15 heteroatoms. The van der Waals surface area contributed by atoms with E-state index in [9.17, 15) is 14.3 Å². The van der Waals surface area contributed by atoms with Gasteiger partial charge in [0.1, 0.15) is 65.9 Å². The number of fused-ring (bicyclic) bond motifs is 1. The summed E-state index contributed by atoms with van der Waals surface area (Å²) in [6, 6.07) is 25.4. The maximum absolute atomic E-state index is 14.2. The zero-order chi connectivity index (χ0) is 42.9. The number of aromatic nitrogens is 4. The second-order valence-electron chi connectivity index (χ2n) is 14.3. The lowest BCUT2D eigenvalue weighted by Gasteiger charge is -2.19. The van der Waals surface area contributed by atoms with Gasteiger partial charge in [0.05, 0.1) is 28.3 Å². The summed E-state index contributed by atoms with van der Waals surface area (Å²) < 4.78 is 37.5. The normalized spacial score (nSPS) is 11.8. The van der Waals surface area contributed by atoms with Gasteiger partial charge in [-0.3, -0.25) is 0 Å².